The van der Waals surface area contributed by atoms with Gasteiger partial charge in [0.2, 0.25) is 0 Å². The summed E-state index contributed by atoms with van der Waals surface area (Å²) in [5, 5.41) is 27.0. The lowest BCUT2D eigenvalue weighted by molar-refractivity contribution is 1.16. The van der Waals surface area contributed by atoms with E-state index in [0.29, 0.717) is 11.1 Å². The molecule has 0 saturated heterocycles. The largest absolute Gasteiger partial charge is 0.309 e. The van der Waals surface area contributed by atoms with Crippen molar-refractivity contribution in [1.29, 1.82) is 10.5 Å². The zero-order chi connectivity index (χ0) is 36.6. The fourth-order valence-corrected chi connectivity index (χ4v) is 8.71. The standard InChI is InChI=1S/C50H29N5/c51-30-32-17-25-49-43(27-32)41-11-3-8-16-48(41)54(49)36-22-24-38(34(28-36)31-52)33-18-20-35(21-19-33)53-47-15-7-4-12-42(47)44-29-37(23-26-50(44)53)55-45-13-5-1-9-39(45)40-10-2-6-14-46(40)55/h1-29H. The zero-order valence-electron chi connectivity index (χ0n) is 29.5. The van der Waals surface area contributed by atoms with Crippen molar-refractivity contribution in [3.05, 3.63) is 187 Å². The SMILES string of the molecule is N#Cc1ccc2c(c1)c1ccccc1n2-c1ccc(-c2ccc(-n3c4ccccc4c4cc(-n5c6ccccc6c6ccccc65)ccc43)cc2)c(C#N)c1. The number of hydrogen-bond acceptors (Lipinski definition) is 2. The van der Waals surface area contributed by atoms with E-state index in [1.54, 1.807) is 0 Å². The highest BCUT2D eigenvalue weighted by Gasteiger charge is 2.18. The Bertz CT molecular complexity index is 3400. The van der Waals surface area contributed by atoms with Gasteiger partial charge in [-0.2, -0.15) is 10.5 Å². The van der Waals surface area contributed by atoms with Crippen LogP contribution in [0.25, 0.3) is 93.6 Å². The van der Waals surface area contributed by atoms with Crippen molar-refractivity contribution < 1.29 is 0 Å². The molecule has 11 rings (SSSR count). The molecule has 0 bridgehead atoms. The maximum absolute atomic E-state index is 10.4. The van der Waals surface area contributed by atoms with E-state index in [1.807, 2.05) is 42.5 Å². The molecule has 0 unspecified atom stereocenters. The first-order chi connectivity index (χ1) is 27.2. The van der Waals surface area contributed by atoms with Gasteiger partial charge in [-0.3, -0.25) is 0 Å². The molecule has 0 N–H and O–H groups in total. The third-order valence-electron chi connectivity index (χ3n) is 11.1. The third kappa shape index (κ3) is 4.51. The molecule has 55 heavy (non-hydrogen) atoms. The second-order valence-electron chi connectivity index (χ2n) is 14.0. The molecule has 0 aliphatic rings. The summed E-state index contributed by atoms with van der Waals surface area (Å²) < 4.78 is 6.88. The molecule has 0 fully saturated rings. The molecule has 0 amide bonds. The van der Waals surface area contributed by atoms with Gasteiger partial charge < -0.3 is 13.7 Å². The second kappa shape index (κ2) is 11.8. The minimum absolute atomic E-state index is 0.597. The minimum atomic E-state index is 0.597. The topological polar surface area (TPSA) is 62.4 Å². The molecule has 0 aliphatic carbocycles. The smallest absolute Gasteiger partial charge is 0.0998 e. The number of fused-ring (bicyclic) bond motifs is 9. The Morgan fingerprint density at radius 3 is 1.29 bits per heavy atom. The van der Waals surface area contributed by atoms with Crippen LogP contribution in [0.4, 0.5) is 0 Å². The summed E-state index contributed by atoms with van der Waals surface area (Å²) in [4.78, 5) is 0. The molecule has 0 spiro atoms. The molecule has 0 saturated carbocycles. The van der Waals surface area contributed by atoms with Crippen molar-refractivity contribution in [2.24, 2.45) is 0 Å². The summed E-state index contributed by atoms with van der Waals surface area (Å²) in [6, 6.07) is 66.0. The van der Waals surface area contributed by atoms with Gasteiger partial charge in [0.15, 0.2) is 0 Å². The molecular formula is C50H29N5. The van der Waals surface area contributed by atoms with Crippen molar-refractivity contribution in [3.8, 4) is 40.3 Å². The van der Waals surface area contributed by atoms with Crippen LogP contribution in [0.5, 0.6) is 0 Å². The first kappa shape index (κ1) is 30.7. The van der Waals surface area contributed by atoms with E-state index in [0.717, 1.165) is 61.0 Å². The van der Waals surface area contributed by atoms with E-state index in [4.69, 9.17) is 0 Å². The molecule has 5 nitrogen and oxygen atoms in total. The monoisotopic (exact) mass is 699 g/mol. The number of para-hydroxylation sites is 4. The average molecular weight is 700 g/mol. The minimum Gasteiger partial charge on any atom is -0.309 e. The fraction of sp³-hybridized carbons (Fsp3) is 0. The van der Waals surface area contributed by atoms with Crippen molar-refractivity contribution in [3.63, 3.8) is 0 Å². The molecule has 0 radical (unpaired) electrons. The number of hydrogen-bond donors (Lipinski definition) is 0. The van der Waals surface area contributed by atoms with Crippen molar-refractivity contribution in [2.75, 3.05) is 0 Å². The first-order valence-corrected chi connectivity index (χ1v) is 18.3. The summed E-state index contributed by atoms with van der Waals surface area (Å²) in [5.74, 6) is 0. The lowest BCUT2D eigenvalue weighted by Gasteiger charge is -2.13. The highest BCUT2D eigenvalue weighted by atomic mass is 15.0. The van der Waals surface area contributed by atoms with Crippen molar-refractivity contribution in [2.45, 2.75) is 0 Å². The quantitative estimate of drug-likeness (QED) is 0.184. The summed E-state index contributed by atoms with van der Waals surface area (Å²) in [6.45, 7) is 0. The van der Waals surface area contributed by atoms with Crippen LogP contribution >= 0.6 is 0 Å². The van der Waals surface area contributed by atoms with Crippen LogP contribution in [0.3, 0.4) is 0 Å². The highest BCUT2D eigenvalue weighted by Crippen LogP contribution is 2.38. The predicted molar refractivity (Wildman–Crippen MR) is 224 cm³/mol. The Labute approximate surface area is 316 Å². The van der Waals surface area contributed by atoms with Gasteiger partial charge >= 0.3 is 0 Å². The Morgan fingerprint density at radius 2 is 0.745 bits per heavy atom. The van der Waals surface area contributed by atoms with E-state index in [2.05, 4.69) is 159 Å². The van der Waals surface area contributed by atoms with E-state index in [1.165, 1.54) is 32.6 Å². The van der Waals surface area contributed by atoms with Crippen molar-refractivity contribution in [1.82, 2.24) is 13.7 Å². The number of aromatic nitrogens is 3. The van der Waals surface area contributed by atoms with Gasteiger partial charge in [0.05, 0.1) is 56.4 Å². The van der Waals surface area contributed by atoms with Gasteiger partial charge in [-0.05, 0) is 96.1 Å². The van der Waals surface area contributed by atoms with Crippen LogP contribution < -0.4 is 0 Å². The van der Waals surface area contributed by atoms with Crippen LogP contribution in [-0.4, -0.2) is 13.7 Å². The number of benzene rings is 8. The Kier molecular flexibility index (Phi) is 6.61. The Hall–Kier alpha value is -7.86. The third-order valence-corrected chi connectivity index (χ3v) is 11.1. The van der Waals surface area contributed by atoms with Crippen LogP contribution in [0.2, 0.25) is 0 Å². The van der Waals surface area contributed by atoms with Gasteiger partial charge in [-0.25, -0.2) is 0 Å². The molecule has 0 aliphatic heterocycles. The average Bonchev–Trinajstić information content (AvgIpc) is 3.89. The fourth-order valence-electron chi connectivity index (χ4n) is 8.71. The highest BCUT2D eigenvalue weighted by molar-refractivity contribution is 6.12. The summed E-state index contributed by atoms with van der Waals surface area (Å²) in [6.07, 6.45) is 0. The molecule has 11 aromatic rings. The lowest BCUT2D eigenvalue weighted by Crippen LogP contribution is -1.97. The van der Waals surface area contributed by atoms with E-state index in [-0.39, 0.29) is 0 Å². The number of rotatable bonds is 4. The van der Waals surface area contributed by atoms with E-state index in [9.17, 15) is 10.5 Å². The molecule has 0 atom stereocenters. The molecular weight excluding hydrogens is 671 g/mol. The van der Waals surface area contributed by atoms with Crippen LogP contribution in [-0.2, 0) is 0 Å². The van der Waals surface area contributed by atoms with Gasteiger partial charge in [0, 0.05) is 49.4 Å². The van der Waals surface area contributed by atoms with E-state index >= 15 is 0 Å². The maximum atomic E-state index is 10.4. The summed E-state index contributed by atoms with van der Waals surface area (Å²) >= 11 is 0. The van der Waals surface area contributed by atoms with Crippen LogP contribution in [0.1, 0.15) is 11.1 Å². The summed E-state index contributed by atoms with van der Waals surface area (Å²) in [5.41, 5.74) is 12.8. The number of nitriles is 2. The normalized spacial score (nSPS) is 11.6. The Balaban J connectivity index is 1.01. The van der Waals surface area contributed by atoms with E-state index < -0.39 is 0 Å². The molecule has 8 aromatic carbocycles. The van der Waals surface area contributed by atoms with Gasteiger partial charge in [0.1, 0.15) is 0 Å². The molecule has 3 heterocycles. The molecule has 3 aromatic heterocycles. The first-order valence-electron chi connectivity index (χ1n) is 18.3. The summed E-state index contributed by atoms with van der Waals surface area (Å²) in [7, 11) is 0. The van der Waals surface area contributed by atoms with Gasteiger partial charge in [0.25, 0.3) is 0 Å². The van der Waals surface area contributed by atoms with Crippen LogP contribution in [0, 0.1) is 22.7 Å². The molecule has 254 valence electrons. The number of nitrogens with zero attached hydrogens (tertiary/aromatic N) is 5. The maximum Gasteiger partial charge on any atom is 0.0998 e. The van der Waals surface area contributed by atoms with Gasteiger partial charge in [-0.1, -0.05) is 91.0 Å². The molecule has 5 heteroatoms. The van der Waals surface area contributed by atoms with Crippen molar-refractivity contribution >= 4 is 65.4 Å². The van der Waals surface area contributed by atoms with Gasteiger partial charge in [-0.15, -0.1) is 0 Å². The lowest BCUT2D eigenvalue weighted by atomic mass is 9.99. The van der Waals surface area contributed by atoms with Crippen LogP contribution in [0.15, 0.2) is 176 Å². The second-order valence-corrected chi connectivity index (χ2v) is 14.0. The Morgan fingerprint density at radius 1 is 0.327 bits per heavy atom. The predicted octanol–water partition coefficient (Wildman–Crippen LogP) is 12.4. The zero-order valence-corrected chi connectivity index (χ0v) is 29.5.